The summed E-state index contributed by atoms with van der Waals surface area (Å²) in [5.41, 5.74) is 7.17. The van der Waals surface area contributed by atoms with Crippen molar-refractivity contribution in [1.29, 1.82) is 0 Å². The molecular formula is C20H25N. The van der Waals surface area contributed by atoms with E-state index < -0.39 is 0 Å². The molecule has 0 fully saturated rings. The van der Waals surface area contributed by atoms with E-state index in [-0.39, 0.29) is 0 Å². The van der Waals surface area contributed by atoms with Crippen molar-refractivity contribution >= 4 is 0 Å². The molecule has 110 valence electrons. The first-order valence-corrected chi connectivity index (χ1v) is 8.06. The highest BCUT2D eigenvalue weighted by Gasteiger charge is 2.21. The van der Waals surface area contributed by atoms with E-state index in [1.54, 1.807) is 0 Å². The topological polar surface area (TPSA) is 12.0 Å². The quantitative estimate of drug-likeness (QED) is 0.830. The van der Waals surface area contributed by atoms with Crippen molar-refractivity contribution in [1.82, 2.24) is 5.32 Å². The summed E-state index contributed by atoms with van der Waals surface area (Å²) in [4.78, 5) is 0. The van der Waals surface area contributed by atoms with Crippen molar-refractivity contribution < 1.29 is 0 Å². The first kappa shape index (κ1) is 14.3. The predicted octanol–water partition coefficient (Wildman–Crippen LogP) is 5.03. The van der Waals surface area contributed by atoms with Gasteiger partial charge in [0, 0.05) is 12.1 Å². The van der Waals surface area contributed by atoms with E-state index in [0.29, 0.717) is 12.1 Å². The Balaban J connectivity index is 1.82. The van der Waals surface area contributed by atoms with E-state index in [9.17, 15) is 0 Å². The minimum absolute atomic E-state index is 0.390. The van der Waals surface area contributed by atoms with Crippen molar-refractivity contribution in [2.75, 3.05) is 0 Å². The molecule has 0 aliphatic heterocycles. The molecule has 1 aliphatic carbocycles. The van der Waals surface area contributed by atoms with E-state index in [2.05, 4.69) is 68.6 Å². The number of fused-ring (bicyclic) bond motifs is 1. The van der Waals surface area contributed by atoms with Gasteiger partial charge in [0.1, 0.15) is 0 Å². The van der Waals surface area contributed by atoms with Gasteiger partial charge >= 0.3 is 0 Å². The Labute approximate surface area is 128 Å². The Hall–Kier alpha value is -1.60. The van der Waals surface area contributed by atoms with Crippen molar-refractivity contribution in [3.05, 3.63) is 70.3 Å². The second-order valence-corrected chi connectivity index (χ2v) is 6.39. The van der Waals surface area contributed by atoms with Crippen molar-refractivity contribution in [2.45, 2.75) is 52.1 Å². The molecule has 0 saturated heterocycles. The molecule has 0 spiro atoms. The van der Waals surface area contributed by atoms with E-state index in [4.69, 9.17) is 0 Å². The van der Waals surface area contributed by atoms with E-state index >= 15 is 0 Å². The third-order valence-corrected chi connectivity index (χ3v) is 4.72. The lowest BCUT2D eigenvalue weighted by molar-refractivity contribution is 0.414. The van der Waals surface area contributed by atoms with E-state index in [1.165, 1.54) is 47.1 Å². The summed E-state index contributed by atoms with van der Waals surface area (Å²) in [7, 11) is 0. The summed E-state index contributed by atoms with van der Waals surface area (Å²) < 4.78 is 0. The Bertz CT molecular complexity index is 629. The van der Waals surface area contributed by atoms with Crippen LogP contribution in [0.3, 0.4) is 0 Å². The molecule has 0 bridgehead atoms. The summed E-state index contributed by atoms with van der Waals surface area (Å²) in [6.45, 7) is 6.67. The van der Waals surface area contributed by atoms with Gasteiger partial charge in [-0.3, -0.25) is 0 Å². The smallest absolute Gasteiger partial charge is 0.0328 e. The van der Waals surface area contributed by atoms with Gasteiger partial charge in [0.2, 0.25) is 0 Å². The zero-order valence-electron chi connectivity index (χ0n) is 13.3. The average molecular weight is 279 g/mol. The van der Waals surface area contributed by atoms with Gasteiger partial charge < -0.3 is 5.32 Å². The van der Waals surface area contributed by atoms with Crippen LogP contribution in [0.15, 0.2) is 42.5 Å². The summed E-state index contributed by atoms with van der Waals surface area (Å²) in [6.07, 6.45) is 3.76. The highest BCUT2D eigenvalue weighted by atomic mass is 14.9. The van der Waals surface area contributed by atoms with Crippen LogP contribution in [-0.2, 0) is 6.42 Å². The fourth-order valence-corrected chi connectivity index (χ4v) is 3.55. The zero-order valence-corrected chi connectivity index (χ0v) is 13.3. The average Bonchev–Trinajstić information content (AvgIpc) is 2.50. The van der Waals surface area contributed by atoms with Crippen LogP contribution in [0, 0.1) is 13.8 Å². The van der Waals surface area contributed by atoms with Gasteiger partial charge in [-0.2, -0.15) is 0 Å². The molecular weight excluding hydrogens is 254 g/mol. The maximum absolute atomic E-state index is 3.86. The standard InChI is InChI=1S/C20H25N/c1-14-11-12-15(2)19(13-14)16(3)21-20-10-6-8-17-7-4-5-9-18(17)20/h4-5,7,9,11-13,16,20-21H,6,8,10H2,1-3H3. The van der Waals surface area contributed by atoms with Gasteiger partial charge in [-0.25, -0.2) is 0 Å². The number of hydrogen-bond acceptors (Lipinski definition) is 1. The predicted molar refractivity (Wildman–Crippen MR) is 89.6 cm³/mol. The first-order valence-electron chi connectivity index (χ1n) is 8.06. The fraction of sp³-hybridized carbons (Fsp3) is 0.400. The normalized spacial score (nSPS) is 19.1. The molecule has 2 atom stereocenters. The van der Waals surface area contributed by atoms with Gasteiger partial charge in [0.25, 0.3) is 0 Å². The molecule has 21 heavy (non-hydrogen) atoms. The summed E-state index contributed by atoms with van der Waals surface area (Å²) in [5.74, 6) is 0. The van der Waals surface area contributed by atoms with Crippen LogP contribution < -0.4 is 5.32 Å². The maximum Gasteiger partial charge on any atom is 0.0328 e. The monoisotopic (exact) mass is 279 g/mol. The fourth-order valence-electron chi connectivity index (χ4n) is 3.55. The molecule has 2 aromatic carbocycles. The lowest BCUT2D eigenvalue weighted by atomic mass is 9.87. The second kappa shape index (κ2) is 6.03. The molecule has 0 saturated carbocycles. The van der Waals surface area contributed by atoms with Gasteiger partial charge in [0.15, 0.2) is 0 Å². The largest absolute Gasteiger partial charge is 0.303 e. The molecule has 1 aliphatic rings. The summed E-state index contributed by atoms with van der Waals surface area (Å²) in [6, 6.07) is 16.5. The highest BCUT2D eigenvalue weighted by Crippen LogP contribution is 2.32. The Morgan fingerprint density at radius 3 is 2.76 bits per heavy atom. The van der Waals surface area contributed by atoms with E-state index in [0.717, 1.165) is 0 Å². The van der Waals surface area contributed by atoms with Gasteiger partial charge in [-0.1, -0.05) is 48.0 Å². The third kappa shape index (κ3) is 3.03. The van der Waals surface area contributed by atoms with Crippen molar-refractivity contribution in [2.24, 2.45) is 0 Å². The van der Waals surface area contributed by atoms with Crippen LogP contribution >= 0.6 is 0 Å². The van der Waals surface area contributed by atoms with Crippen molar-refractivity contribution in [3.63, 3.8) is 0 Å². The van der Waals surface area contributed by atoms with Crippen LogP contribution in [0.2, 0.25) is 0 Å². The number of rotatable bonds is 3. The van der Waals surface area contributed by atoms with Crippen LogP contribution in [0.1, 0.15) is 59.7 Å². The number of aryl methyl sites for hydroxylation is 3. The molecule has 1 nitrogen and oxygen atoms in total. The Morgan fingerprint density at radius 2 is 1.90 bits per heavy atom. The minimum Gasteiger partial charge on any atom is -0.303 e. The highest BCUT2D eigenvalue weighted by molar-refractivity contribution is 5.35. The molecule has 1 heteroatoms. The molecule has 0 heterocycles. The van der Waals surface area contributed by atoms with Crippen LogP contribution in [0.4, 0.5) is 0 Å². The third-order valence-electron chi connectivity index (χ3n) is 4.72. The van der Waals surface area contributed by atoms with Crippen molar-refractivity contribution in [3.8, 4) is 0 Å². The zero-order chi connectivity index (χ0) is 14.8. The summed E-state index contributed by atoms with van der Waals surface area (Å²) in [5, 5.41) is 3.86. The lowest BCUT2D eigenvalue weighted by Gasteiger charge is -2.30. The van der Waals surface area contributed by atoms with Crippen LogP contribution in [0.5, 0.6) is 0 Å². The summed E-state index contributed by atoms with van der Waals surface area (Å²) >= 11 is 0. The number of hydrogen-bond donors (Lipinski definition) is 1. The minimum atomic E-state index is 0.390. The second-order valence-electron chi connectivity index (χ2n) is 6.39. The molecule has 2 aromatic rings. The van der Waals surface area contributed by atoms with Crippen LogP contribution in [-0.4, -0.2) is 0 Å². The Kier molecular flexibility index (Phi) is 4.12. The van der Waals surface area contributed by atoms with Gasteiger partial charge in [-0.15, -0.1) is 0 Å². The number of nitrogens with one attached hydrogen (secondary N) is 1. The molecule has 3 rings (SSSR count). The first-order chi connectivity index (χ1) is 10.1. The lowest BCUT2D eigenvalue weighted by Crippen LogP contribution is -2.28. The molecule has 2 unspecified atom stereocenters. The molecule has 1 N–H and O–H groups in total. The Morgan fingerprint density at radius 1 is 1.10 bits per heavy atom. The SMILES string of the molecule is Cc1ccc(C)c(C(C)NC2CCCc3ccccc32)c1. The van der Waals surface area contributed by atoms with Crippen LogP contribution in [0.25, 0.3) is 0 Å². The van der Waals surface area contributed by atoms with Gasteiger partial charge in [-0.05, 0) is 62.3 Å². The molecule has 0 radical (unpaired) electrons. The van der Waals surface area contributed by atoms with E-state index in [1.807, 2.05) is 0 Å². The maximum atomic E-state index is 3.86. The molecule has 0 aromatic heterocycles. The number of benzene rings is 2. The molecule has 0 amide bonds. The van der Waals surface area contributed by atoms with Gasteiger partial charge in [0.05, 0.1) is 0 Å².